The normalized spacial score (nSPS) is 17.8. The molecule has 4 aromatic rings. The van der Waals surface area contributed by atoms with Gasteiger partial charge in [-0.05, 0) is 47.9 Å². The number of rotatable bonds is 4. The van der Waals surface area contributed by atoms with Crippen LogP contribution in [0.2, 0.25) is 5.02 Å². The number of hydrogen-bond donors (Lipinski definition) is 1. The molecule has 1 fully saturated rings. The van der Waals surface area contributed by atoms with E-state index < -0.39 is 11.7 Å². The predicted molar refractivity (Wildman–Crippen MR) is 155 cm³/mol. The minimum atomic E-state index is -1.25. The number of aryl methyl sites for hydroxylation is 1. The first-order chi connectivity index (χ1) is 18.0. The van der Waals surface area contributed by atoms with Crippen LogP contribution >= 0.6 is 24.0 Å². The van der Waals surface area contributed by atoms with E-state index in [0.29, 0.717) is 16.7 Å². The number of carbonyl (C=O) groups excluding carboxylic acids is 1. The lowest BCUT2D eigenvalue weighted by molar-refractivity contribution is -0.124. The molecule has 4 aromatic carbocycles. The number of amides is 1. The van der Waals surface area contributed by atoms with Gasteiger partial charge in [-0.15, -0.1) is 12.4 Å². The Bertz CT molecular complexity index is 1480. The highest BCUT2D eigenvalue weighted by molar-refractivity contribution is 6.30. The van der Waals surface area contributed by atoms with Gasteiger partial charge in [0.05, 0.1) is 5.69 Å². The van der Waals surface area contributed by atoms with Crippen LogP contribution in [0, 0.1) is 6.92 Å². The maximum atomic E-state index is 14.9. The number of halogens is 2. The molecule has 0 radical (unpaired) electrons. The van der Waals surface area contributed by atoms with Crippen LogP contribution in [-0.2, 0) is 10.3 Å². The van der Waals surface area contributed by atoms with Gasteiger partial charge in [0.1, 0.15) is 0 Å². The summed E-state index contributed by atoms with van der Waals surface area (Å²) in [5.41, 5.74) is 9.30. The van der Waals surface area contributed by atoms with Gasteiger partial charge in [0.25, 0.3) is 5.91 Å². The third-order valence-corrected chi connectivity index (χ3v) is 7.10. The number of nitrogens with zero attached hydrogens (tertiary/aromatic N) is 4. The first-order valence-electron chi connectivity index (χ1n) is 12.0. The number of carbonyl (C=O) groups is 1. The van der Waals surface area contributed by atoms with Crippen molar-refractivity contribution in [2.45, 2.75) is 18.6 Å². The van der Waals surface area contributed by atoms with E-state index in [0.717, 1.165) is 22.3 Å². The Hall–Kier alpha value is -4.13. The summed E-state index contributed by atoms with van der Waals surface area (Å²) in [6.45, 7) is 2.01. The number of fused-ring (bicyclic) bond motifs is 1. The molecule has 2 heterocycles. The molecule has 1 amide bonds. The predicted octanol–water partition coefficient (Wildman–Crippen LogP) is 6.05. The summed E-state index contributed by atoms with van der Waals surface area (Å²) in [6.07, 6.45) is -0.621. The maximum absolute atomic E-state index is 14.9. The summed E-state index contributed by atoms with van der Waals surface area (Å²) >= 11 is 6.22. The van der Waals surface area contributed by atoms with Crippen molar-refractivity contribution in [3.8, 4) is 0 Å². The smallest absolute Gasteiger partial charge is 0.269 e. The molecule has 0 aromatic heterocycles. The molecular formula is C30H25Cl2N5O. The lowest BCUT2D eigenvalue weighted by Gasteiger charge is -2.41. The summed E-state index contributed by atoms with van der Waals surface area (Å²) in [4.78, 5) is 28.0. The molecule has 38 heavy (non-hydrogen) atoms. The van der Waals surface area contributed by atoms with E-state index in [9.17, 15) is 4.79 Å². The average molecular weight is 542 g/mol. The summed E-state index contributed by atoms with van der Waals surface area (Å²) in [5, 5.41) is 0.613. The van der Waals surface area contributed by atoms with Crippen molar-refractivity contribution in [3.63, 3.8) is 0 Å². The minimum absolute atomic E-state index is 0. The van der Waals surface area contributed by atoms with Gasteiger partial charge >= 0.3 is 0 Å². The van der Waals surface area contributed by atoms with E-state index in [1.165, 1.54) is 0 Å². The number of guanidine groups is 2. The molecule has 1 atom stereocenters. The number of nitrogens with two attached hydrogens (primary N) is 1. The van der Waals surface area contributed by atoms with Gasteiger partial charge in [0.2, 0.25) is 11.9 Å². The fraction of sp³-hybridized carbons (Fsp3) is 0.100. The Balaban J connectivity index is 0.00000294. The SMILES string of the molecule is Cc1ccc(N2C(=O)C(c3ccccc3)(c3ccccc3)N3C2=NC(N)=NC3c2ccc(Cl)cc2)cc1.Cl. The van der Waals surface area contributed by atoms with Crippen LogP contribution in [0.15, 0.2) is 119 Å². The monoisotopic (exact) mass is 541 g/mol. The van der Waals surface area contributed by atoms with E-state index in [4.69, 9.17) is 22.3 Å². The molecule has 2 aliphatic rings. The van der Waals surface area contributed by atoms with Crippen molar-refractivity contribution in [3.05, 3.63) is 136 Å². The van der Waals surface area contributed by atoms with Crippen molar-refractivity contribution in [2.75, 3.05) is 4.90 Å². The zero-order valence-electron chi connectivity index (χ0n) is 20.5. The van der Waals surface area contributed by atoms with Crippen molar-refractivity contribution >= 4 is 47.5 Å². The van der Waals surface area contributed by atoms with Gasteiger partial charge in [-0.2, -0.15) is 4.99 Å². The van der Waals surface area contributed by atoms with Gasteiger partial charge in [-0.1, -0.05) is 102 Å². The average Bonchev–Trinajstić information content (AvgIpc) is 3.18. The van der Waals surface area contributed by atoms with Crippen LogP contribution in [0.4, 0.5) is 5.69 Å². The second kappa shape index (κ2) is 9.97. The number of hydrogen-bond acceptors (Lipinski definition) is 5. The van der Waals surface area contributed by atoms with Crippen molar-refractivity contribution in [2.24, 2.45) is 15.7 Å². The molecule has 0 bridgehead atoms. The van der Waals surface area contributed by atoms with Crippen LogP contribution in [0.3, 0.4) is 0 Å². The summed E-state index contributed by atoms with van der Waals surface area (Å²) in [6, 6.07) is 34.8. The van der Waals surface area contributed by atoms with Crippen LogP contribution in [0.5, 0.6) is 0 Å². The van der Waals surface area contributed by atoms with E-state index in [1.54, 1.807) is 4.90 Å². The molecule has 0 aliphatic carbocycles. The molecule has 6 rings (SSSR count). The number of benzene rings is 4. The fourth-order valence-corrected chi connectivity index (χ4v) is 5.29. The van der Waals surface area contributed by atoms with Crippen molar-refractivity contribution in [1.82, 2.24) is 4.90 Å². The highest BCUT2D eigenvalue weighted by atomic mass is 35.5. The quantitative estimate of drug-likeness (QED) is 0.342. The minimum Gasteiger partial charge on any atom is -0.368 e. The topological polar surface area (TPSA) is 74.3 Å². The van der Waals surface area contributed by atoms with E-state index in [-0.39, 0.29) is 24.3 Å². The van der Waals surface area contributed by atoms with Crippen molar-refractivity contribution in [1.29, 1.82) is 0 Å². The Morgan fingerprint density at radius 2 is 1.37 bits per heavy atom. The number of aliphatic imine (C=N–C) groups is 2. The van der Waals surface area contributed by atoms with Gasteiger partial charge in [0, 0.05) is 5.02 Å². The fourth-order valence-electron chi connectivity index (χ4n) is 5.16. The zero-order valence-corrected chi connectivity index (χ0v) is 22.1. The Morgan fingerprint density at radius 1 is 0.816 bits per heavy atom. The zero-order chi connectivity index (χ0) is 25.6. The summed E-state index contributed by atoms with van der Waals surface area (Å²) < 4.78 is 0. The molecular weight excluding hydrogens is 517 g/mol. The molecule has 1 saturated heterocycles. The third-order valence-electron chi connectivity index (χ3n) is 6.85. The van der Waals surface area contributed by atoms with Crippen LogP contribution in [0.1, 0.15) is 28.4 Å². The van der Waals surface area contributed by atoms with Gasteiger partial charge in [-0.25, -0.2) is 9.89 Å². The van der Waals surface area contributed by atoms with Crippen LogP contribution < -0.4 is 10.6 Å². The van der Waals surface area contributed by atoms with E-state index in [1.807, 2.05) is 121 Å². The Labute approximate surface area is 232 Å². The van der Waals surface area contributed by atoms with E-state index >= 15 is 0 Å². The Morgan fingerprint density at radius 3 is 1.92 bits per heavy atom. The van der Waals surface area contributed by atoms with Gasteiger partial charge in [-0.3, -0.25) is 9.69 Å². The molecule has 0 spiro atoms. The number of anilines is 1. The lowest BCUT2D eigenvalue weighted by Crippen LogP contribution is -2.51. The lowest BCUT2D eigenvalue weighted by atomic mass is 9.80. The third kappa shape index (κ3) is 3.93. The molecule has 1 unspecified atom stereocenters. The highest BCUT2D eigenvalue weighted by Gasteiger charge is 2.62. The summed E-state index contributed by atoms with van der Waals surface area (Å²) in [7, 11) is 0. The van der Waals surface area contributed by atoms with Crippen LogP contribution in [-0.4, -0.2) is 22.7 Å². The van der Waals surface area contributed by atoms with Crippen LogP contribution in [0.25, 0.3) is 0 Å². The molecule has 6 nitrogen and oxygen atoms in total. The first kappa shape index (κ1) is 25.5. The molecule has 2 N–H and O–H groups in total. The second-order valence-electron chi connectivity index (χ2n) is 9.11. The molecule has 0 saturated carbocycles. The van der Waals surface area contributed by atoms with Gasteiger partial charge < -0.3 is 5.73 Å². The highest BCUT2D eigenvalue weighted by Crippen LogP contribution is 2.50. The first-order valence-corrected chi connectivity index (χ1v) is 12.4. The Kier molecular flexibility index (Phi) is 6.69. The standard InChI is InChI=1S/C30H24ClN5O.ClH/c1-20-12-18-25(19-13-20)35-27(37)30(22-8-4-2-5-9-22,23-10-6-3-7-11-23)36-26(33-28(32)34-29(35)36)21-14-16-24(31)17-15-21;/h2-19,26H,1H3,(H2,32,33);1H. The summed E-state index contributed by atoms with van der Waals surface area (Å²) in [5.74, 6) is 0.374. The second-order valence-corrected chi connectivity index (χ2v) is 9.55. The van der Waals surface area contributed by atoms with Crippen molar-refractivity contribution < 1.29 is 4.79 Å². The van der Waals surface area contributed by atoms with E-state index in [2.05, 4.69) is 4.99 Å². The maximum Gasteiger partial charge on any atom is 0.269 e. The van der Waals surface area contributed by atoms with Gasteiger partial charge in [0.15, 0.2) is 11.7 Å². The molecule has 8 heteroatoms. The molecule has 2 aliphatic heterocycles. The largest absolute Gasteiger partial charge is 0.368 e. The molecule has 190 valence electrons.